The first-order valence-corrected chi connectivity index (χ1v) is 6.63. The van der Waals surface area contributed by atoms with E-state index in [4.69, 9.17) is 4.74 Å². The SMILES string of the molecule is COc1cccc(CC(=O)CC2CCNCC2)c1. The Morgan fingerprint density at radius 1 is 1.39 bits per heavy atom. The number of carbonyl (C=O) groups excluding carboxylic acids is 1. The molecule has 0 radical (unpaired) electrons. The zero-order valence-corrected chi connectivity index (χ0v) is 10.9. The molecule has 2 rings (SSSR count). The summed E-state index contributed by atoms with van der Waals surface area (Å²) in [5.74, 6) is 1.74. The summed E-state index contributed by atoms with van der Waals surface area (Å²) in [6.45, 7) is 2.11. The predicted octanol–water partition coefficient (Wildman–Crippen LogP) is 2.20. The number of ether oxygens (including phenoxy) is 1. The number of nitrogens with one attached hydrogen (secondary N) is 1. The maximum absolute atomic E-state index is 12.0. The molecule has 0 amide bonds. The Morgan fingerprint density at radius 3 is 2.89 bits per heavy atom. The third-order valence-corrected chi connectivity index (χ3v) is 3.51. The topological polar surface area (TPSA) is 38.3 Å². The summed E-state index contributed by atoms with van der Waals surface area (Å²) in [6, 6.07) is 7.77. The highest BCUT2D eigenvalue weighted by atomic mass is 16.5. The van der Waals surface area contributed by atoms with Gasteiger partial charge < -0.3 is 10.1 Å². The lowest BCUT2D eigenvalue weighted by Gasteiger charge is -2.21. The number of piperidine rings is 1. The number of hydrogen-bond donors (Lipinski definition) is 1. The van der Waals surface area contributed by atoms with Crippen LogP contribution in [-0.2, 0) is 11.2 Å². The lowest BCUT2D eigenvalue weighted by Crippen LogP contribution is -2.29. The molecule has 0 unspecified atom stereocenters. The van der Waals surface area contributed by atoms with E-state index in [1.54, 1.807) is 7.11 Å². The van der Waals surface area contributed by atoms with Crippen molar-refractivity contribution < 1.29 is 9.53 Å². The van der Waals surface area contributed by atoms with Crippen LogP contribution in [-0.4, -0.2) is 26.0 Å². The van der Waals surface area contributed by atoms with E-state index in [0.717, 1.165) is 43.7 Å². The highest BCUT2D eigenvalue weighted by Gasteiger charge is 2.16. The van der Waals surface area contributed by atoms with E-state index in [0.29, 0.717) is 18.1 Å². The first-order valence-electron chi connectivity index (χ1n) is 6.63. The van der Waals surface area contributed by atoms with Crippen LogP contribution in [0.2, 0.25) is 0 Å². The third-order valence-electron chi connectivity index (χ3n) is 3.51. The molecule has 0 atom stereocenters. The number of ketones is 1. The normalized spacial score (nSPS) is 16.5. The second-order valence-electron chi connectivity index (χ2n) is 4.96. The predicted molar refractivity (Wildman–Crippen MR) is 71.9 cm³/mol. The molecule has 0 bridgehead atoms. The van der Waals surface area contributed by atoms with E-state index in [9.17, 15) is 4.79 Å². The monoisotopic (exact) mass is 247 g/mol. The summed E-state index contributed by atoms with van der Waals surface area (Å²) in [5, 5.41) is 3.32. The maximum atomic E-state index is 12.0. The van der Waals surface area contributed by atoms with Crippen LogP contribution in [0.4, 0.5) is 0 Å². The van der Waals surface area contributed by atoms with Crippen molar-refractivity contribution in [1.29, 1.82) is 0 Å². The highest BCUT2D eigenvalue weighted by Crippen LogP contribution is 2.19. The number of Topliss-reactive ketones (excluding diaryl/α,β-unsaturated/α-hetero) is 1. The lowest BCUT2D eigenvalue weighted by atomic mass is 9.91. The molecule has 0 aromatic heterocycles. The van der Waals surface area contributed by atoms with Crippen LogP contribution in [0.25, 0.3) is 0 Å². The summed E-state index contributed by atoms with van der Waals surface area (Å²) in [6.07, 6.45) is 3.51. The molecule has 1 saturated heterocycles. The van der Waals surface area contributed by atoms with E-state index < -0.39 is 0 Å². The number of rotatable bonds is 5. The molecular formula is C15H21NO2. The van der Waals surface area contributed by atoms with Crippen LogP contribution in [0.3, 0.4) is 0 Å². The Labute approximate surface area is 109 Å². The molecule has 1 fully saturated rings. The van der Waals surface area contributed by atoms with E-state index in [-0.39, 0.29) is 0 Å². The maximum Gasteiger partial charge on any atom is 0.137 e. The summed E-state index contributed by atoms with van der Waals surface area (Å²) >= 11 is 0. The summed E-state index contributed by atoms with van der Waals surface area (Å²) < 4.78 is 5.17. The van der Waals surface area contributed by atoms with Crippen molar-refractivity contribution >= 4 is 5.78 Å². The molecule has 1 aliphatic heterocycles. The Balaban J connectivity index is 1.85. The summed E-state index contributed by atoms with van der Waals surface area (Å²) in [4.78, 5) is 12.0. The molecule has 0 saturated carbocycles. The lowest BCUT2D eigenvalue weighted by molar-refractivity contribution is -0.119. The Bertz CT molecular complexity index is 397. The Hall–Kier alpha value is -1.35. The minimum Gasteiger partial charge on any atom is -0.497 e. The van der Waals surface area contributed by atoms with Gasteiger partial charge in [-0.05, 0) is 49.5 Å². The van der Waals surface area contributed by atoms with Gasteiger partial charge in [-0.3, -0.25) is 4.79 Å². The van der Waals surface area contributed by atoms with Crippen molar-refractivity contribution in [1.82, 2.24) is 5.32 Å². The number of benzene rings is 1. The van der Waals surface area contributed by atoms with Gasteiger partial charge in [-0.15, -0.1) is 0 Å². The van der Waals surface area contributed by atoms with Gasteiger partial charge in [0, 0.05) is 12.8 Å². The average Bonchev–Trinajstić information content (AvgIpc) is 2.40. The molecule has 1 aromatic rings. The molecule has 1 heterocycles. The van der Waals surface area contributed by atoms with Crippen LogP contribution >= 0.6 is 0 Å². The van der Waals surface area contributed by atoms with E-state index in [2.05, 4.69) is 5.32 Å². The van der Waals surface area contributed by atoms with Crippen LogP contribution < -0.4 is 10.1 Å². The van der Waals surface area contributed by atoms with Gasteiger partial charge in [0.25, 0.3) is 0 Å². The fourth-order valence-corrected chi connectivity index (χ4v) is 2.49. The molecule has 0 aliphatic carbocycles. The van der Waals surface area contributed by atoms with Crippen molar-refractivity contribution in [3.63, 3.8) is 0 Å². The first kappa shape index (κ1) is 13.1. The molecule has 3 heteroatoms. The molecule has 0 spiro atoms. The van der Waals surface area contributed by atoms with Gasteiger partial charge in [0.2, 0.25) is 0 Å². The molecular weight excluding hydrogens is 226 g/mol. The largest absolute Gasteiger partial charge is 0.497 e. The summed E-state index contributed by atoms with van der Waals surface area (Å²) in [7, 11) is 1.65. The van der Waals surface area contributed by atoms with Gasteiger partial charge in [0.1, 0.15) is 11.5 Å². The van der Waals surface area contributed by atoms with Crippen molar-refractivity contribution in [2.24, 2.45) is 5.92 Å². The first-order chi connectivity index (χ1) is 8.78. The fraction of sp³-hybridized carbons (Fsp3) is 0.533. The molecule has 3 nitrogen and oxygen atoms in total. The quantitative estimate of drug-likeness (QED) is 0.867. The van der Waals surface area contributed by atoms with Crippen molar-refractivity contribution in [2.45, 2.75) is 25.7 Å². The number of hydrogen-bond acceptors (Lipinski definition) is 3. The zero-order valence-electron chi connectivity index (χ0n) is 10.9. The fourth-order valence-electron chi connectivity index (χ4n) is 2.49. The number of methoxy groups -OCH3 is 1. The molecule has 1 aliphatic rings. The summed E-state index contributed by atoms with van der Waals surface area (Å²) in [5.41, 5.74) is 1.05. The van der Waals surface area contributed by atoms with Crippen LogP contribution in [0, 0.1) is 5.92 Å². The van der Waals surface area contributed by atoms with Crippen molar-refractivity contribution in [3.05, 3.63) is 29.8 Å². The molecule has 18 heavy (non-hydrogen) atoms. The Morgan fingerprint density at radius 2 is 2.17 bits per heavy atom. The van der Waals surface area contributed by atoms with Crippen LogP contribution in [0.5, 0.6) is 5.75 Å². The smallest absolute Gasteiger partial charge is 0.137 e. The Kier molecular flexibility index (Phi) is 4.76. The van der Waals surface area contributed by atoms with Crippen molar-refractivity contribution in [2.75, 3.05) is 20.2 Å². The van der Waals surface area contributed by atoms with Gasteiger partial charge in [-0.2, -0.15) is 0 Å². The average molecular weight is 247 g/mol. The number of carbonyl (C=O) groups is 1. The van der Waals surface area contributed by atoms with E-state index in [1.165, 1.54) is 0 Å². The second-order valence-corrected chi connectivity index (χ2v) is 4.96. The molecule has 1 N–H and O–H groups in total. The zero-order chi connectivity index (χ0) is 12.8. The van der Waals surface area contributed by atoms with Crippen molar-refractivity contribution in [3.8, 4) is 5.75 Å². The van der Waals surface area contributed by atoms with Crippen LogP contribution in [0.1, 0.15) is 24.8 Å². The minimum atomic E-state index is 0.343. The molecule has 1 aromatic carbocycles. The standard InChI is InChI=1S/C15H21NO2/c1-18-15-4-2-3-13(11-15)10-14(17)9-12-5-7-16-8-6-12/h2-4,11-12,16H,5-10H2,1H3. The van der Waals surface area contributed by atoms with Gasteiger partial charge in [-0.1, -0.05) is 12.1 Å². The highest BCUT2D eigenvalue weighted by molar-refractivity contribution is 5.81. The van der Waals surface area contributed by atoms with Crippen LogP contribution in [0.15, 0.2) is 24.3 Å². The second kappa shape index (κ2) is 6.55. The van der Waals surface area contributed by atoms with Gasteiger partial charge in [-0.25, -0.2) is 0 Å². The van der Waals surface area contributed by atoms with Gasteiger partial charge >= 0.3 is 0 Å². The van der Waals surface area contributed by atoms with E-state index in [1.807, 2.05) is 24.3 Å². The third kappa shape index (κ3) is 3.84. The van der Waals surface area contributed by atoms with Gasteiger partial charge in [0.15, 0.2) is 0 Å². The minimum absolute atomic E-state index is 0.343. The molecule has 98 valence electrons. The van der Waals surface area contributed by atoms with Gasteiger partial charge in [0.05, 0.1) is 7.11 Å². The van der Waals surface area contributed by atoms with E-state index >= 15 is 0 Å².